The van der Waals surface area contributed by atoms with Gasteiger partial charge in [-0.05, 0) is 38.1 Å². The number of nitrogens with zero attached hydrogens (tertiary/aromatic N) is 1. The van der Waals surface area contributed by atoms with E-state index in [0.717, 1.165) is 5.39 Å². The summed E-state index contributed by atoms with van der Waals surface area (Å²) in [6.07, 6.45) is 0. The van der Waals surface area contributed by atoms with E-state index in [4.69, 9.17) is 10.8 Å². The minimum atomic E-state index is -1.11. The van der Waals surface area contributed by atoms with Crippen LogP contribution < -0.4 is 5.73 Å². The zero-order chi connectivity index (χ0) is 13.4. The van der Waals surface area contributed by atoms with Gasteiger partial charge in [-0.15, -0.1) is 0 Å². The van der Waals surface area contributed by atoms with Gasteiger partial charge in [-0.3, -0.25) is 4.79 Å². The van der Waals surface area contributed by atoms with Gasteiger partial charge in [0.2, 0.25) is 0 Å². The van der Waals surface area contributed by atoms with Crippen LogP contribution in [0.1, 0.15) is 31.6 Å². The molecule has 5 heteroatoms. The molecule has 1 aromatic carbocycles. The van der Waals surface area contributed by atoms with E-state index in [0.29, 0.717) is 11.2 Å². The number of hydrogen-bond acceptors (Lipinski definition) is 2. The zero-order valence-corrected chi connectivity index (χ0v) is 10.2. The van der Waals surface area contributed by atoms with Gasteiger partial charge in [-0.2, -0.15) is 0 Å². The maximum Gasteiger partial charge on any atom is 0.326 e. The third kappa shape index (κ3) is 1.97. The minimum absolute atomic E-state index is 0.00435. The van der Waals surface area contributed by atoms with Crippen LogP contribution in [0.15, 0.2) is 24.3 Å². The average Bonchev–Trinajstić information content (AvgIpc) is 2.65. The molecule has 96 valence electrons. The average molecular weight is 250 g/mol. The van der Waals surface area contributed by atoms with Crippen molar-refractivity contribution in [2.45, 2.75) is 25.9 Å². The molecular weight excluding hydrogens is 235 g/mol. The lowest BCUT2D eigenvalue weighted by Gasteiger charge is -2.16. The van der Waals surface area contributed by atoms with Gasteiger partial charge in [-0.25, -0.2) is 4.39 Å². The molecule has 0 bridgehead atoms. The lowest BCUT2D eigenvalue weighted by Crippen LogP contribution is -2.24. The van der Waals surface area contributed by atoms with Crippen molar-refractivity contribution in [1.82, 2.24) is 4.57 Å². The Bertz CT molecular complexity index is 604. The summed E-state index contributed by atoms with van der Waals surface area (Å²) in [5, 5.41) is 9.80. The molecule has 0 aliphatic heterocycles. The molecule has 0 spiro atoms. The maximum absolute atomic E-state index is 13.3. The van der Waals surface area contributed by atoms with Gasteiger partial charge < -0.3 is 15.4 Å². The summed E-state index contributed by atoms with van der Waals surface area (Å²) >= 11 is 0. The van der Waals surface area contributed by atoms with Crippen LogP contribution in [0.5, 0.6) is 0 Å². The highest BCUT2D eigenvalue weighted by atomic mass is 19.1. The molecule has 18 heavy (non-hydrogen) atoms. The predicted molar refractivity (Wildman–Crippen MR) is 66.8 cm³/mol. The Balaban J connectivity index is 2.73. The highest BCUT2D eigenvalue weighted by Crippen LogP contribution is 2.28. The number of hydrogen-bond donors (Lipinski definition) is 2. The summed E-state index contributed by atoms with van der Waals surface area (Å²) in [6.45, 7) is 3.81. The Morgan fingerprint density at radius 1 is 1.39 bits per heavy atom. The smallest absolute Gasteiger partial charge is 0.326 e. The van der Waals surface area contributed by atoms with E-state index in [1.54, 1.807) is 16.7 Å². The summed E-state index contributed by atoms with van der Waals surface area (Å²) in [6, 6.07) is 4.97. The van der Waals surface area contributed by atoms with Crippen molar-refractivity contribution in [3.63, 3.8) is 0 Å². The van der Waals surface area contributed by atoms with E-state index in [1.807, 2.05) is 13.8 Å². The van der Waals surface area contributed by atoms with E-state index in [9.17, 15) is 9.18 Å². The third-order valence-corrected chi connectivity index (χ3v) is 2.93. The van der Waals surface area contributed by atoms with Crippen molar-refractivity contribution in [3.05, 3.63) is 35.8 Å². The monoisotopic (exact) mass is 250 g/mol. The van der Waals surface area contributed by atoms with Crippen LogP contribution >= 0.6 is 0 Å². The van der Waals surface area contributed by atoms with Gasteiger partial charge in [0, 0.05) is 17.1 Å². The van der Waals surface area contributed by atoms with Crippen LogP contribution in [-0.4, -0.2) is 15.6 Å². The maximum atomic E-state index is 13.3. The summed E-state index contributed by atoms with van der Waals surface area (Å²) in [5.41, 5.74) is 6.81. The van der Waals surface area contributed by atoms with Crippen LogP contribution in [0.3, 0.4) is 0 Å². The third-order valence-electron chi connectivity index (χ3n) is 2.93. The molecule has 2 aromatic rings. The molecule has 1 unspecified atom stereocenters. The predicted octanol–water partition coefficient (Wildman–Crippen LogP) is 2.45. The molecule has 0 saturated heterocycles. The first-order valence-corrected chi connectivity index (χ1v) is 5.70. The van der Waals surface area contributed by atoms with Crippen LogP contribution in [0.2, 0.25) is 0 Å². The van der Waals surface area contributed by atoms with Crippen LogP contribution in [0, 0.1) is 5.82 Å². The molecule has 0 fully saturated rings. The number of rotatable bonds is 3. The van der Waals surface area contributed by atoms with E-state index in [2.05, 4.69) is 0 Å². The summed E-state index contributed by atoms with van der Waals surface area (Å²) in [5.74, 6) is -1.45. The highest BCUT2D eigenvalue weighted by Gasteiger charge is 2.22. The van der Waals surface area contributed by atoms with Crippen LogP contribution in [0.25, 0.3) is 10.9 Å². The van der Waals surface area contributed by atoms with Gasteiger partial charge >= 0.3 is 5.97 Å². The Hall–Kier alpha value is -1.88. The van der Waals surface area contributed by atoms with Gasteiger partial charge in [0.05, 0.1) is 5.52 Å². The normalized spacial score (nSPS) is 13.2. The Morgan fingerprint density at radius 2 is 2.06 bits per heavy atom. The van der Waals surface area contributed by atoms with E-state index >= 15 is 0 Å². The Morgan fingerprint density at radius 3 is 2.61 bits per heavy atom. The molecule has 0 aliphatic carbocycles. The van der Waals surface area contributed by atoms with Crippen molar-refractivity contribution in [2.24, 2.45) is 5.73 Å². The summed E-state index contributed by atoms with van der Waals surface area (Å²) in [4.78, 5) is 11.0. The van der Waals surface area contributed by atoms with Crippen LogP contribution in [0.4, 0.5) is 4.39 Å². The zero-order valence-electron chi connectivity index (χ0n) is 10.2. The first kappa shape index (κ1) is 12.6. The summed E-state index contributed by atoms with van der Waals surface area (Å²) < 4.78 is 15.0. The standard InChI is InChI=1S/C13H15FN2O2/c1-7(2)16-10-6-9(14)4-3-8(10)5-11(16)12(15)13(17)18/h3-7,12H,15H2,1-2H3,(H,17,18). The summed E-state index contributed by atoms with van der Waals surface area (Å²) in [7, 11) is 0. The molecule has 0 saturated carbocycles. The van der Waals surface area contributed by atoms with Crippen molar-refractivity contribution in [1.29, 1.82) is 0 Å². The van der Waals surface area contributed by atoms with E-state index < -0.39 is 12.0 Å². The van der Waals surface area contributed by atoms with E-state index in [-0.39, 0.29) is 11.9 Å². The minimum Gasteiger partial charge on any atom is -0.480 e. The SMILES string of the molecule is CC(C)n1c(C(N)C(=O)O)cc2ccc(F)cc21. The molecule has 0 aliphatic rings. The lowest BCUT2D eigenvalue weighted by atomic mass is 10.2. The molecule has 3 N–H and O–H groups in total. The lowest BCUT2D eigenvalue weighted by molar-refractivity contribution is -0.138. The van der Waals surface area contributed by atoms with Crippen molar-refractivity contribution in [2.75, 3.05) is 0 Å². The first-order chi connectivity index (χ1) is 8.41. The molecule has 4 nitrogen and oxygen atoms in total. The fourth-order valence-electron chi connectivity index (χ4n) is 2.16. The van der Waals surface area contributed by atoms with Gasteiger partial charge in [0.25, 0.3) is 0 Å². The van der Waals surface area contributed by atoms with Crippen molar-refractivity contribution < 1.29 is 14.3 Å². The van der Waals surface area contributed by atoms with Gasteiger partial charge in [0.15, 0.2) is 0 Å². The van der Waals surface area contributed by atoms with Crippen molar-refractivity contribution >= 4 is 16.9 Å². The Labute approximate surface area is 104 Å². The number of carboxylic acid groups (broad SMARTS) is 1. The number of halogens is 1. The molecule has 2 rings (SSSR count). The second-order valence-electron chi connectivity index (χ2n) is 4.55. The second-order valence-corrected chi connectivity index (χ2v) is 4.55. The number of aromatic nitrogens is 1. The number of aliphatic carboxylic acids is 1. The second kappa shape index (κ2) is 4.42. The molecular formula is C13H15FN2O2. The highest BCUT2D eigenvalue weighted by molar-refractivity contribution is 5.84. The number of carbonyl (C=O) groups is 1. The fourth-order valence-corrected chi connectivity index (χ4v) is 2.16. The largest absolute Gasteiger partial charge is 0.480 e. The number of carboxylic acids is 1. The molecule has 0 amide bonds. The Kier molecular flexibility index (Phi) is 3.09. The molecule has 1 heterocycles. The number of benzene rings is 1. The number of nitrogens with two attached hydrogens (primary N) is 1. The van der Waals surface area contributed by atoms with E-state index in [1.165, 1.54) is 12.1 Å². The molecule has 1 atom stereocenters. The molecule has 0 radical (unpaired) electrons. The van der Waals surface area contributed by atoms with Gasteiger partial charge in [-0.1, -0.05) is 0 Å². The topological polar surface area (TPSA) is 68.2 Å². The van der Waals surface area contributed by atoms with Gasteiger partial charge in [0.1, 0.15) is 11.9 Å². The first-order valence-electron chi connectivity index (χ1n) is 5.70. The quantitative estimate of drug-likeness (QED) is 0.879. The molecule has 1 aromatic heterocycles. The van der Waals surface area contributed by atoms with Crippen LogP contribution in [-0.2, 0) is 4.79 Å². The van der Waals surface area contributed by atoms with Crippen molar-refractivity contribution in [3.8, 4) is 0 Å². The number of fused-ring (bicyclic) bond motifs is 1. The fraction of sp³-hybridized carbons (Fsp3) is 0.308.